The molecule has 1 fully saturated rings. The van der Waals surface area contributed by atoms with Crippen molar-refractivity contribution < 1.29 is 4.79 Å². The van der Waals surface area contributed by atoms with E-state index in [0.29, 0.717) is 12.5 Å². The van der Waals surface area contributed by atoms with E-state index in [1.807, 2.05) is 18.9 Å². The molecule has 102 valence electrons. The number of fused-ring (bicyclic) bond motifs is 1. The molecule has 1 N–H and O–H groups in total. The summed E-state index contributed by atoms with van der Waals surface area (Å²) in [6.07, 6.45) is 3.63. The molecule has 3 rings (SSSR count). The van der Waals surface area contributed by atoms with Crippen LogP contribution in [-0.2, 0) is 11.3 Å². The second-order valence-corrected chi connectivity index (χ2v) is 5.96. The van der Waals surface area contributed by atoms with Gasteiger partial charge < -0.3 is 10.2 Å². The number of hydrogen-bond donors (Lipinski definition) is 1. The number of likely N-dealkylation sites (N-methyl/N-ethyl adjacent to an activating group) is 1. The molecule has 0 aromatic carbocycles. The van der Waals surface area contributed by atoms with Crippen LogP contribution >= 0.6 is 11.3 Å². The van der Waals surface area contributed by atoms with Crippen LogP contribution in [0.3, 0.4) is 0 Å². The Hall–Kier alpha value is -1.40. The van der Waals surface area contributed by atoms with E-state index in [9.17, 15) is 4.79 Å². The summed E-state index contributed by atoms with van der Waals surface area (Å²) in [4.78, 5) is 18.8. The number of nitrogens with zero attached hydrogens (tertiary/aromatic N) is 3. The lowest BCUT2D eigenvalue weighted by atomic mass is 10.1. The molecule has 0 saturated carbocycles. The molecule has 0 spiro atoms. The summed E-state index contributed by atoms with van der Waals surface area (Å²) in [6, 6.07) is 0.381. The summed E-state index contributed by atoms with van der Waals surface area (Å²) in [7, 11) is 1.87. The highest BCUT2D eigenvalue weighted by Crippen LogP contribution is 2.17. The Labute approximate surface area is 116 Å². The SMILES string of the molecule is Cc1nc2sccn2c1CNC1CCC(=O)N(C)C1. The van der Waals surface area contributed by atoms with Crippen molar-refractivity contribution in [2.75, 3.05) is 13.6 Å². The van der Waals surface area contributed by atoms with Gasteiger partial charge in [0.1, 0.15) is 0 Å². The Kier molecular flexibility index (Phi) is 3.28. The van der Waals surface area contributed by atoms with Crippen molar-refractivity contribution in [3.05, 3.63) is 23.0 Å². The molecule has 0 bridgehead atoms. The average molecular weight is 278 g/mol. The van der Waals surface area contributed by atoms with Crippen molar-refractivity contribution in [2.45, 2.75) is 32.4 Å². The molecule has 1 amide bonds. The Morgan fingerprint density at radius 1 is 1.58 bits per heavy atom. The standard InChI is InChI=1S/C13H18N4OS/c1-9-11(17-5-6-19-13(17)15-9)7-14-10-3-4-12(18)16(2)8-10/h5-6,10,14H,3-4,7-8H2,1-2H3. The van der Waals surface area contributed by atoms with E-state index in [-0.39, 0.29) is 5.91 Å². The van der Waals surface area contributed by atoms with Gasteiger partial charge in [0, 0.05) is 44.2 Å². The van der Waals surface area contributed by atoms with Gasteiger partial charge in [0.15, 0.2) is 4.96 Å². The highest BCUT2D eigenvalue weighted by molar-refractivity contribution is 7.15. The number of carbonyl (C=O) groups is 1. The van der Waals surface area contributed by atoms with Crippen molar-refractivity contribution in [3.8, 4) is 0 Å². The zero-order valence-electron chi connectivity index (χ0n) is 11.2. The number of nitrogens with one attached hydrogen (secondary N) is 1. The van der Waals surface area contributed by atoms with Crippen molar-refractivity contribution in [2.24, 2.45) is 0 Å². The van der Waals surface area contributed by atoms with Crippen LogP contribution in [0, 0.1) is 6.92 Å². The lowest BCUT2D eigenvalue weighted by molar-refractivity contribution is -0.132. The minimum atomic E-state index is 0.249. The van der Waals surface area contributed by atoms with Gasteiger partial charge in [0.25, 0.3) is 0 Å². The lowest BCUT2D eigenvalue weighted by Crippen LogP contribution is -2.46. The van der Waals surface area contributed by atoms with Crippen molar-refractivity contribution in [1.29, 1.82) is 0 Å². The van der Waals surface area contributed by atoms with E-state index in [2.05, 4.69) is 26.3 Å². The van der Waals surface area contributed by atoms with Crippen LogP contribution in [0.4, 0.5) is 0 Å². The Balaban J connectivity index is 1.67. The maximum atomic E-state index is 11.5. The fourth-order valence-corrected chi connectivity index (χ4v) is 3.35. The normalized spacial score (nSPS) is 20.4. The molecule has 1 aliphatic rings. The second-order valence-electron chi connectivity index (χ2n) is 5.09. The number of amides is 1. The lowest BCUT2D eigenvalue weighted by Gasteiger charge is -2.30. The van der Waals surface area contributed by atoms with Gasteiger partial charge in [-0.2, -0.15) is 0 Å². The van der Waals surface area contributed by atoms with Gasteiger partial charge in [0.05, 0.1) is 11.4 Å². The number of aromatic nitrogens is 2. The Morgan fingerprint density at radius 2 is 2.42 bits per heavy atom. The van der Waals surface area contributed by atoms with Crippen LogP contribution in [0.5, 0.6) is 0 Å². The third-order valence-corrected chi connectivity index (χ3v) is 4.50. The van der Waals surface area contributed by atoms with Crippen LogP contribution in [-0.4, -0.2) is 39.8 Å². The van der Waals surface area contributed by atoms with Crippen molar-refractivity contribution >= 4 is 22.2 Å². The monoisotopic (exact) mass is 278 g/mol. The molecule has 1 saturated heterocycles. The number of carbonyl (C=O) groups excluding carboxylic acids is 1. The van der Waals surface area contributed by atoms with Gasteiger partial charge in [-0.1, -0.05) is 0 Å². The summed E-state index contributed by atoms with van der Waals surface area (Å²) in [5.41, 5.74) is 2.30. The maximum Gasteiger partial charge on any atom is 0.222 e. The number of rotatable bonds is 3. The van der Waals surface area contributed by atoms with Crippen LogP contribution in [0.15, 0.2) is 11.6 Å². The number of likely N-dealkylation sites (tertiary alicyclic amines) is 1. The molecule has 3 heterocycles. The third kappa shape index (κ3) is 2.37. The first-order valence-corrected chi connectivity index (χ1v) is 7.41. The van der Waals surface area contributed by atoms with Crippen LogP contribution in [0.1, 0.15) is 24.2 Å². The number of thiazole rings is 1. The van der Waals surface area contributed by atoms with E-state index < -0.39 is 0 Å². The van der Waals surface area contributed by atoms with Crippen molar-refractivity contribution in [1.82, 2.24) is 19.6 Å². The maximum absolute atomic E-state index is 11.5. The summed E-state index contributed by atoms with van der Waals surface area (Å²) in [5.74, 6) is 0.249. The number of hydrogen-bond acceptors (Lipinski definition) is 4. The molecule has 1 atom stereocenters. The number of imidazole rings is 1. The molecule has 2 aromatic rings. The van der Waals surface area contributed by atoms with E-state index >= 15 is 0 Å². The fourth-order valence-electron chi connectivity index (χ4n) is 2.57. The molecular weight excluding hydrogens is 260 g/mol. The third-order valence-electron chi connectivity index (χ3n) is 3.75. The van der Waals surface area contributed by atoms with E-state index in [1.54, 1.807) is 11.3 Å². The first-order valence-electron chi connectivity index (χ1n) is 6.53. The Morgan fingerprint density at radius 3 is 3.21 bits per heavy atom. The largest absolute Gasteiger partial charge is 0.344 e. The quantitative estimate of drug-likeness (QED) is 0.923. The Bertz CT molecular complexity index is 603. The molecule has 0 aliphatic carbocycles. The summed E-state index contributed by atoms with van der Waals surface area (Å²) >= 11 is 1.66. The van der Waals surface area contributed by atoms with Crippen LogP contribution in [0.25, 0.3) is 4.96 Å². The van der Waals surface area contributed by atoms with Gasteiger partial charge in [0.2, 0.25) is 5.91 Å². The highest BCUT2D eigenvalue weighted by atomic mass is 32.1. The summed E-state index contributed by atoms with van der Waals surface area (Å²) in [6.45, 7) is 3.65. The van der Waals surface area contributed by atoms with Gasteiger partial charge in [-0.3, -0.25) is 9.20 Å². The topological polar surface area (TPSA) is 49.6 Å². The first-order chi connectivity index (χ1) is 9.15. The highest BCUT2D eigenvalue weighted by Gasteiger charge is 2.22. The molecule has 6 heteroatoms. The predicted molar refractivity (Wildman–Crippen MR) is 75.3 cm³/mol. The van der Waals surface area contributed by atoms with Crippen LogP contribution in [0.2, 0.25) is 0 Å². The van der Waals surface area contributed by atoms with Crippen LogP contribution < -0.4 is 5.32 Å². The molecule has 1 unspecified atom stereocenters. The van der Waals surface area contributed by atoms with Gasteiger partial charge >= 0.3 is 0 Å². The molecular formula is C13H18N4OS. The van der Waals surface area contributed by atoms with Crippen molar-refractivity contribution in [3.63, 3.8) is 0 Å². The van der Waals surface area contributed by atoms with Gasteiger partial charge in [-0.25, -0.2) is 4.98 Å². The van der Waals surface area contributed by atoms with Gasteiger partial charge in [-0.05, 0) is 13.3 Å². The molecule has 1 aliphatic heterocycles. The minimum absolute atomic E-state index is 0.249. The molecule has 2 aromatic heterocycles. The number of aryl methyl sites for hydroxylation is 1. The molecule has 19 heavy (non-hydrogen) atoms. The fraction of sp³-hybridized carbons (Fsp3) is 0.538. The summed E-state index contributed by atoms with van der Waals surface area (Å²) in [5, 5.41) is 5.60. The second kappa shape index (κ2) is 4.94. The zero-order valence-corrected chi connectivity index (χ0v) is 12.0. The van der Waals surface area contributed by atoms with E-state index in [0.717, 1.165) is 30.2 Å². The smallest absolute Gasteiger partial charge is 0.222 e. The first kappa shape index (κ1) is 12.6. The molecule has 5 nitrogen and oxygen atoms in total. The minimum Gasteiger partial charge on any atom is -0.344 e. The predicted octanol–water partition coefficient (Wildman–Crippen LogP) is 1.41. The average Bonchev–Trinajstić information content (AvgIpc) is 2.92. The van der Waals surface area contributed by atoms with E-state index in [4.69, 9.17) is 0 Å². The molecule has 0 radical (unpaired) electrons. The number of piperidine rings is 1. The van der Waals surface area contributed by atoms with E-state index in [1.165, 1.54) is 5.69 Å². The van der Waals surface area contributed by atoms with Gasteiger partial charge in [-0.15, -0.1) is 11.3 Å². The zero-order chi connectivity index (χ0) is 13.4. The summed E-state index contributed by atoms with van der Waals surface area (Å²) < 4.78 is 2.14.